The molecule has 0 heterocycles. The molecule has 1 N–H and O–H groups in total. The highest BCUT2D eigenvalue weighted by atomic mass is 16.5. The zero-order valence-electron chi connectivity index (χ0n) is 23.7. The van der Waals surface area contributed by atoms with Crippen LogP contribution in [0.4, 0.5) is 0 Å². The third-order valence-corrected chi connectivity index (χ3v) is 6.92. The Balaban J connectivity index is 1.66. The van der Waals surface area contributed by atoms with Gasteiger partial charge >= 0.3 is 0 Å². The lowest BCUT2D eigenvalue weighted by Gasteiger charge is -2.32. The molecule has 7 nitrogen and oxygen atoms in total. The van der Waals surface area contributed by atoms with Crippen molar-refractivity contribution in [2.24, 2.45) is 0 Å². The third kappa shape index (κ3) is 7.88. The first-order valence-corrected chi connectivity index (χ1v) is 13.5. The number of carbonyl (C=O) groups is 2. The molecule has 0 bridgehead atoms. The largest absolute Gasteiger partial charge is 0.496 e. The summed E-state index contributed by atoms with van der Waals surface area (Å²) in [5, 5.41) is 3.06. The molecule has 0 radical (unpaired) electrons. The molecule has 4 aromatic rings. The summed E-state index contributed by atoms with van der Waals surface area (Å²) in [7, 11) is 4.74. The van der Waals surface area contributed by atoms with Crippen molar-refractivity contribution in [3.8, 4) is 17.2 Å². The Kier molecular flexibility index (Phi) is 10.4. The maximum atomic E-state index is 14.0. The van der Waals surface area contributed by atoms with Crippen LogP contribution in [0.2, 0.25) is 0 Å². The highest BCUT2D eigenvalue weighted by molar-refractivity contribution is 5.89. The first-order valence-electron chi connectivity index (χ1n) is 13.5. The van der Waals surface area contributed by atoms with E-state index in [1.54, 1.807) is 38.4 Å². The minimum Gasteiger partial charge on any atom is -0.496 e. The molecule has 2 amide bonds. The number of hydrogen-bond acceptors (Lipinski definition) is 5. The van der Waals surface area contributed by atoms with Crippen LogP contribution in [0.5, 0.6) is 17.2 Å². The van der Waals surface area contributed by atoms with Crippen LogP contribution in [0.3, 0.4) is 0 Å². The summed E-state index contributed by atoms with van der Waals surface area (Å²) in [6.07, 6.45) is 0.460. The first-order chi connectivity index (χ1) is 20.0. The second kappa shape index (κ2) is 14.6. The highest BCUT2D eigenvalue weighted by Gasteiger charge is 2.30. The van der Waals surface area contributed by atoms with E-state index in [1.165, 1.54) is 0 Å². The number of amides is 2. The number of ether oxygens (including phenoxy) is 3. The fraction of sp³-hybridized carbons (Fsp3) is 0.235. The van der Waals surface area contributed by atoms with Crippen molar-refractivity contribution in [3.05, 3.63) is 125 Å². The van der Waals surface area contributed by atoms with Gasteiger partial charge in [0.1, 0.15) is 11.8 Å². The molecule has 0 aromatic heterocycles. The number of rotatable bonds is 13. The molecule has 0 aliphatic rings. The summed E-state index contributed by atoms with van der Waals surface area (Å²) < 4.78 is 16.3. The van der Waals surface area contributed by atoms with Gasteiger partial charge in [0.05, 0.1) is 27.8 Å². The molecule has 4 aromatic carbocycles. The molecule has 0 aliphatic carbocycles. The van der Waals surface area contributed by atoms with Gasteiger partial charge in [0.15, 0.2) is 11.5 Å². The molecule has 1 atom stereocenters. The molecule has 0 aliphatic heterocycles. The maximum absolute atomic E-state index is 14.0. The minimum absolute atomic E-state index is 0.0955. The Morgan fingerprint density at radius 2 is 1.29 bits per heavy atom. The van der Waals surface area contributed by atoms with Crippen LogP contribution >= 0.6 is 0 Å². The lowest BCUT2D eigenvalue weighted by molar-refractivity contribution is -0.140. The molecule has 7 heteroatoms. The van der Waals surface area contributed by atoms with Crippen molar-refractivity contribution in [2.45, 2.75) is 32.0 Å². The first kappa shape index (κ1) is 29.2. The van der Waals surface area contributed by atoms with E-state index < -0.39 is 6.04 Å². The quantitative estimate of drug-likeness (QED) is 0.246. The molecule has 0 fully saturated rings. The number of nitrogens with one attached hydrogen (secondary N) is 1. The minimum atomic E-state index is -0.750. The number of benzene rings is 4. The summed E-state index contributed by atoms with van der Waals surface area (Å²) in [4.78, 5) is 29.6. The lowest BCUT2D eigenvalue weighted by Crippen LogP contribution is -2.50. The van der Waals surface area contributed by atoms with Gasteiger partial charge in [-0.2, -0.15) is 0 Å². The van der Waals surface area contributed by atoms with Crippen molar-refractivity contribution in [1.82, 2.24) is 10.2 Å². The van der Waals surface area contributed by atoms with Crippen molar-refractivity contribution in [3.63, 3.8) is 0 Å². The van der Waals surface area contributed by atoms with E-state index in [2.05, 4.69) is 5.32 Å². The second-order valence-electron chi connectivity index (χ2n) is 9.61. The van der Waals surface area contributed by atoms with Crippen molar-refractivity contribution in [1.29, 1.82) is 0 Å². The molecular formula is C34H36N2O5. The molecular weight excluding hydrogens is 516 g/mol. The van der Waals surface area contributed by atoms with E-state index in [9.17, 15) is 9.59 Å². The number of hydrogen-bond donors (Lipinski definition) is 1. The smallest absolute Gasteiger partial charge is 0.243 e. The Bertz CT molecular complexity index is 1430. The van der Waals surface area contributed by atoms with Crippen LogP contribution in [0.1, 0.15) is 22.3 Å². The Morgan fingerprint density at radius 3 is 1.95 bits per heavy atom. The number of nitrogens with zero attached hydrogens (tertiary/aromatic N) is 1. The average Bonchev–Trinajstić information content (AvgIpc) is 3.02. The molecule has 0 unspecified atom stereocenters. The normalized spacial score (nSPS) is 11.3. The topological polar surface area (TPSA) is 77.1 Å². The average molecular weight is 553 g/mol. The summed E-state index contributed by atoms with van der Waals surface area (Å²) in [5.41, 5.74) is 3.51. The zero-order chi connectivity index (χ0) is 29.0. The summed E-state index contributed by atoms with van der Waals surface area (Å²) in [5.74, 6) is 1.41. The Labute approximate surface area is 241 Å². The standard InChI is InChI=1S/C34H36N2O5/c1-39-30-17-11-10-16-28(30)23-35-34(38)29(20-25-12-6-4-7-13-25)36(24-26-14-8-5-9-15-26)33(37)22-27-18-19-31(40-2)32(21-27)41-3/h4-19,21,29H,20,22-24H2,1-3H3,(H,35,38)/t29-/m1/s1. The number of methoxy groups -OCH3 is 3. The van der Waals surface area contributed by atoms with Crippen LogP contribution in [-0.2, 0) is 35.5 Å². The molecule has 4 rings (SSSR count). The number of para-hydroxylation sites is 1. The van der Waals surface area contributed by atoms with E-state index in [-0.39, 0.29) is 31.3 Å². The Hall–Kier alpha value is -4.78. The molecule has 0 spiro atoms. The highest BCUT2D eigenvalue weighted by Crippen LogP contribution is 2.28. The lowest BCUT2D eigenvalue weighted by atomic mass is 10.0. The van der Waals surface area contributed by atoms with Crippen molar-refractivity contribution in [2.75, 3.05) is 21.3 Å². The van der Waals surface area contributed by atoms with Crippen LogP contribution in [-0.4, -0.2) is 44.1 Å². The summed E-state index contributed by atoms with van der Waals surface area (Å²) in [6, 6.07) is 31.7. The molecule has 41 heavy (non-hydrogen) atoms. The van der Waals surface area contributed by atoms with Gasteiger partial charge in [-0.1, -0.05) is 84.9 Å². The molecule has 212 valence electrons. The number of carbonyl (C=O) groups excluding carboxylic acids is 2. The molecule has 0 saturated carbocycles. The van der Waals surface area contributed by atoms with E-state index in [4.69, 9.17) is 14.2 Å². The van der Waals surface area contributed by atoms with E-state index in [0.717, 1.165) is 22.3 Å². The van der Waals surface area contributed by atoms with Crippen molar-refractivity contribution < 1.29 is 23.8 Å². The van der Waals surface area contributed by atoms with E-state index >= 15 is 0 Å². The van der Waals surface area contributed by atoms with Gasteiger partial charge in [0, 0.05) is 25.1 Å². The van der Waals surface area contributed by atoms with Crippen LogP contribution < -0.4 is 19.5 Å². The van der Waals surface area contributed by atoms with Gasteiger partial charge in [-0.3, -0.25) is 9.59 Å². The van der Waals surface area contributed by atoms with Crippen molar-refractivity contribution >= 4 is 11.8 Å². The van der Waals surface area contributed by atoms with Gasteiger partial charge < -0.3 is 24.4 Å². The summed E-state index contributed by atoms with van der Waals surface area (Å²) >= 11 is 0. The second-order valence-corrected chi connectivity index (χ2v) is 9.61. The van der Waals surface area contributed by atoms with E-state index in [1.807, 2.05) is 91.0 Å². The van der Waals surface area contributed by atoms with E-state index in [0.29, 0.717) is 23.7 Å². The van der Waals surface area contributed by atoms with Crippen LogP contribution in [0, 0.1) is 0 Å². The van der Waals surface area contributed by atoms with Gasteiger partial charge in [-0.15, -0.1) is 0 Å². The third-order valence-electron chi connectivity index (χ3n) is 6.92. The SMILES string of the molecule is COc1ccccc1CNC(=O)[C@@H](Cc1ccccc1)N(Cc1ccccc1)C(=O)Cc1ccc(OC)c(OC)c1. The van der Waals surface area contributed by atoms with Crippen LogP contribution in [0.25, 0.3) is 0 Å². The fourth-order valence-corrected chi connectivity index (χ4v) is 4.75. The zero-order valence-corrected chi connectivity index (χ0v) is 23.7. The molecule has 0 saturated heterocycles. The Morgan fingerprint density at radius 1 is 0.683 bits per heavy atom. The fourth-order valence-electron chi connectivity index (χ4n) is 4.75. The van der Waals surface area contributed by atoms with Gasteiger partial charge in [0.2, 0.25) is 11.8 Å². The summed E-state index contributed by atoms with van der Waals surface area (Å²) in [6.45, 7) is 0.559. The van der Waals surface area contributed by atoms with Gasteiger partial charge in [0.25, 0.3) is 0 Å². The van der Waals surface area contributed by atoms with Gasteiger partial charge in [-0.25, -0.2) is 0 Å². The van der Waals surface area contributed by atoms with Gasteiger partial charge in [-0.05, 0) is 34.9 Å². The monoisotopic (exact) mass is 552 g/mol. The predicted octanol–water partition coefficient (Wildman–Crippen LogP) is 5.21. The maximum Gasteiger partial charge on any atom is 0.243 e. The van der Waals surface area contributed by atoms with Crippen LogP contribution in [0.15, 0.2) is 103 Å². The predicted molar refractivity (Wildman–Crippen MR) is 159 cm³/mol.